The van der Waals surface area contributed by atoms with Crippen LogP contribution in [0.1, 0.15) is 31.4 Å². The monoisotopic (exact) mass is 230 g/mol. The van der Waals surface area contributed by atoms with E-state index in [1.54, 1.807) is 12.1 Å². The molecule has 2 aromatic rings. The van der Waals surface area contributed by atoms with Crippen LogP contribution in [0, 0.1) is 5.82 Å². The second kappa shape index (κ2) is 3.99. The van der Waals surface area contributed by atoms with Gasteiger partial charge >= 0.3 is 0 Å². The summed E-state index contributed by atoms with van der Waals surface area (Å²) >= 11 is 0. The average molecular weight is 230 g/mol. The molecule has 3 rings (SSSR count). The van der Waals surface area contributed by atoms with Crippen molar-refractivity contribution in [3.63, 3.8) is 0 Å². The third-order valence-electron chi connectivity index (χ3n) is 3.23. The minimum Gasteiger partial charge on any atom is -0.269 e. The second-order valence-corrected chi connectivity index (χ2v) is 4.57. The molecule has 17 heavy (non-hydrogen) atoms. The highest BCUT2D eigenvalue weighted by atomic mass is 19.1. The van der Waals surface area contributed by atoms with Crippen LogP contribution in [-0.4, -0.2) is 9.78 Å². The van der Waals surface area contributed by atoms with E-state index in [4.69, 9.17) is 0 Å². The lowest BCUT2D eigenvalue weighted by Crippen LogP contribution is -1.93. The summed E-state index contributed by atoms with van der Waals surface area (Å²) in [5.74, 6) is -0.201. The first-order chi connectivity index (χ1) is 8.28. The molecule has 1 aromatic carbocycles. The van der Waals surface area contributed by atoms with Gasteiger partial charge in [0.05, 0.1) is 11.7 Å². The molecule has 0 bridgehead atoms. The van der Waals surface area contributed by atoms with Crippen molar-refractivity contribution in [3.8, 4) is 11.3 Å². The Morgan fingerprint density at radius 3 is 2.59 bits per heavy atom. The fourth-order valence-corrected chi connectivity index (χ4v) is 2.07. The van der Waals surface area contributed by atoms with Crippen LogP contribution >= 0.6 is 0 Å². The van der Waals surface area contributed by atoms with Gasteiger partial charge in [-0.1, -0.05) is 6.92 Å². The van der Waals surface area contributed by atoms with Gasteiger partial charge in [0.15, 0.2) is 0 Å². The van der Waals surface area contributed by atoms with E-state index in [0.29, 0.717) is 6.04 Å². The molecule has 0 N–H and O–H groups in total. The summed E-state index contributed by atoms with van der Waals surface area (Å²) in [6, 6.07) is 7.17. The normalized spacial score (nSPS) is 15.2. The molecular formula is C14H15FN2. The lowest BCUT2D eigenvalue weighted by Gasteiger charge is -1.99. The van der Waals surface area contributed by atoms with Crippen molar-refractivity contribution in [2.24, 2.45) is 0 Å². The molecule has 1 aliphatic rings. The lowest BCUT2D eigenvalue weighted by molar-refractivity contribution is 0.627. The van der Waals surface area contributed by atoms with Gasteiger partial charge in [0.1, 0.15) is 5.82 Å². The maximum Gasteiger partial charge on any atom is 0.123 e. The summed E-state index contributed by atoms with van der Waals surface area (Å²) in [7, 11) is 0. The van der Waals surface area contributed by atoms with E-state index >= 15 is 0 Å². The molecule has 0 saturated heterocycles. The molecule has 0 spiro atoms. The van der Waals surface area contributed by atoms with Crippen molar-refractivity contribution in [2.75, 3.05) is 0 Å². The molecule has 1 aliphatic carbocycles. The average Bonchev–Trinajstić information content (AvgIpc) is 3.10. The Morgan fingerprint density at radius 1 is 1.29 bits per heavy atom. The summed E-state index contributed by atoms with van der Waals surface area (Å²) in [5, 5.41) is 4.64. The quantitative estimate of drug-likeness (QED) is 0.788. The van der Waals surface area contributed by atoms with Gasteiger partial charge in [-0.05, 0) is 49.1 Å². The predicted octanol–water partition coefficient (Wildman–Crippen LogP) is 3.59. The van der Waals surface area contributed by atoms with Gasteiger partial charge in [0.25, 0.3) is 0 Å². The molecule has 0 radical (unpaired) electrons. The molecule has 0 amide bonds. The van der Waals surface area contributed by atoms with E-state index in [2.05, 4.69) is 22.9 Å². The Hall–Kier alpha value is -1.64. The number of benzene rings is 1. The highest BCUT2D eigenvalue weighted by Crippen LogP contribution is 2.36. The zero-order chi connectivity index (χ0) is 11.8. The molecule has 1 saturated carbocycles. The molecule has 1 aromatic heterocycles. The number of aryl methyl sites for hydroxylation is 1. The standard InChI is InChI=1S/C14H15FN2/c1-2-10-9-17(13-7-8-13)16-14(10)11-3-5-12(15)6-4-11/h3-6,9,13H,2,7-8H2,1H3. The number of rotatable bonds is 3. The number of aromatic nitrogens is 2. The van der Waals surface area contributed by atoms with E-state index < -0.39 is 0 Å². The van der Waals surface area contributed by atoms with E-state index in [1.807, 2.05) is 0 Å². The molecule has 3 heteroatoms. The zero-order valence-corrected chi connectivity index (χ0v) is 9.86. The van der Waals surface area contributed by atoms with Crippen molar-refractivity contribution >= 4 is 0 Å². The third kappa shape index (κ3) is 1.97. The van der Waals surface area contributed by atoms with Crippen LogP contribution in [0.2, 0.25) is 0 Å². The van der Waals surface area contributed by atoms with Gasteiger partial charge in [-0.2, -0.15) is 5.10 Å². The SMILES string of the molecule is CCc1cn(C2CC2)nc1-c1ccc(F)cc1. The number of hydrogen-bond donors (Lipinski definition) is 0. The molecule has 0 atom stereocenters. The van der Waals surface area contributed by atoms with Crippen molar-refractivity contribution in [3.05, 3.63) is 41.8 Å². The zero-order valence-electron chi connectivity index (χ0n) is 9.86. The molecule has 0 unspecified atom stereocenters. The first-order valence-electron chi connectivity index (χ1n) is 6.12. The van der Waals surface area contributed by atoms with Crippen LogP contribution in [0.3, 0.4) is 0 Å². The predicted molar refractivity (Wildman–Crippen MR) is 65.3 cm³/mol. The Kier molecular flexibility index (Phi) is 2.46. The van der Waals surface area contributed by atoms with Crippen LogP contribution < -0.4 is 0 Å². The topological polar surface area (TPSA) is 17.8 Å². The highest BCUT2D eigenvalue weighted by Gasteiger charge is 2.25. The Morgan fingerprint density at radius 2 is 2.00 bits per heavy atom. The minimum absolute atomic E-state index is 0.201. The molecule has 0 aliphatic heterocycles. The summed E-state index contributed by atoms with van der Waals surface area (Å²) in [6.07, 6.45) is 5.55. The first-order valence-corrected chi connectivity index (χ1v) is 6.12. The Labute approximate surface area is 100 Å². The fourth-order valence-electron chi connectivity index (χ4n) is 2.07. The largest absolute Gasteiger partial charge is 0.269 e. The molecule has 1 fully saturated rings. The van der Waals surface area contributed by atoms with Crippen LogP contribution in [0.25, 0.3) is 11.3 Å². The minimum atomic E-state index is -0.201. The number of halogens is 1. The van der Waals surface area contributed by atoms with Gasteiger partial charge in [-0.3, -0.25) is 4.68 Å². The lowest BCUT2D eigenvalue weighted by atomic mass is 10.1. The van der Waals surface area contributed by atoms with Crippen LogP contribution in [-0.2, 0) is 6.42 Å². The van der Waals surface area contributed by atoms with E-state index in [-0.39, 0.29) is 5.82 Å². The molecule has 2 nitrogen and oxygen atoms in total. The smallest absolute Gasteiger partial charge is 0.123 e. The van der Waals surface area contributed by atoms with Gasteiger partial charge in [-0.25, -0.2) is 4.39 Å². The third-order valence-corrected chi connectivity index (χ3v) is 3.23. The summed E-state index contributed by atoms with van der Waals surface area (Å²) in [6.45, 7) is 2.13. The molecule has 88 valence electrons. The highest BCUT2D eigenvalue weighted by molar-refractivity contribution is 5.62. The summed E-state index contributed by atoms with van der Waals surface area (Å²) in [4.78, 5) is 0. The Bertz CT molecular complexity index is 524. The van der Waals surface area contributed by atoms with Crippen molar-refractivity contribution < 1.29 is 4.39 Å². The second-order valence-electron chi connectivity index (χ2n) is 4.57. The summed E-state index contributed by atoms with van der Waals surface area (Å²) < 4.78 is 15.0. The summed E-state index contributed by atoms with van der Waals surface area (Å²) in [5.41, 5.74) is 3.24. The maximum atomic E-state index is 12.9. The van der Waals surface area contributed by atoms with Crippen molar-refractivity contribution in [1.82, 2.24) is 9.78 Å². The van der Waals surface area contributed by atoms with Gasteiger partial charge in [0.2, 0.25) is 0 Å². The van der Waals surface area contributed by atoms with Crippen LogP contribution in [0.15, 0.2) is 30.5 Å². The maximum absolute atomic E-state index is 12.9. The van der Waals surface area contributed by atoms with Crippen LogP contribution in [0.4, 0.5) is 4.39 Å². The van der Waals surface area contributed by atoms with E-state index in [9.17, 15) is 4.39 Å². The van der Waals surface area contributed by atoms with Crippen molar-refractivity contribution in [1.29, 1.82) is 0 Å². The molecular weight excluding hydrogens is 215 g/mol. The van der Waals surface area contributed by atoms with Gasteiger partial charge in [-0.15, -0.1) is 0 Å². The number of nitrogens with zero attached hydrogens (tertiary/aromatic N) is 2. The Balaban J connectivity index is 2.02. The number of hydrogen-bond acceptors (Lipinski definition) is 1. The van der Waals surface area contributed by atoms with Gasteiger partial charge in [0, 0.05) is 11.8 Å². The molecule has 1 heterocycles. The van der Waals surface area contributed by atoms with Gasteiger partial charge < -0.3 is 0 Å². The van der Waals surface area contributed by atoms with Crippen LogP contribution in [0.5, 0.6) is 0 Å². The van der Waals surface area contributed by atoms with E-state index in [1.165, 1.54) is 30.5 Å². The van der Waals surface area contributed by atoms with E-state index in [0.717, 1.165) is 17.7 Å². The first kappa shape index (κ1) is 10.5. The van der Waals surface area contributed by atoms with Crippen molar-refractivity contribution in [2.45, 2.75) is 32.2 Å². The fraction of sp³-hybridized carbons (Fsp3) is 0.357.